The first-order valence-corrected chi connectivity index (χ1v) is 7.48. The number of hydrogen-bond donors (Lipinski definition) is 0. The molecule has 2 aliphatic carbocycles. The molecule has 7 heteroatoms. The van der Waals surface area contributed by atoms with Crippen LogP contribution in [-0.2, 0) is 9.63 Å². The second kappa shape index (κ2) is 4.59. The van der Waals surface area contributed by atoms with E-state index in [-0.39, 0.29) is 24.0 Å². The number of nitrogens with zero attached hydrogens (tertiary/aromatic N) is 1. The molecule has 3 atom stereocenters. The number of hydrogen-bond acceptors (Lipinski definition) is 4. The van der Waals surface area contributed by atoms with Crippen molar-refractivity contribution in [3.05, 3.63) is 35.4 Å². The minimum Gasteiger partial charge on any atom is -0.329 e. The molecule has 0 saturated heterocycles. The van der Waals surface area contributed by atoms with Crippen LogP contribution < -0.4 is 0 Å². The number of rotatable bonds is 2. The lowest BCUT2D eigenvalue weighted by Crippen LogP contribution is -2.35. The molecule has 0 N–H and O–H groups in total. The highest BCUT2D eigenvalue weighted by Crippen LogP contribution is 2.63. The second-order valence-corrected chi connectivity index (χ2v) is 6.26. The molecule has 3 unspecified atom stereocenters. The fraction of sp³-hybridized carbons (Fsp3) is 0.438. The number of benzene rings is 1. The van der Waals surface area contributed by atoms with Gasteiger partial charge in [0.05, 0.1) is 17.0 Å². The van der Waals surface area contributed by atoms with Crippen molar-refractivity contribution < 1.29 is 28.0 Å². The van der Waals surface area contributed by atoms with Crippen molar-refractivity contribution in [1.29, 1.82) is 0 Å². The molecule has 120 valence electrons. The number of halogens is 2. The topological polar surface area (TPSA) is 63.7 Å². The van der Waals surface area contributed by atoms with E-state index in [9.17, 15) is 23.2 Å². The smallest absolute Gasteiger partial charge is 0.329 e. The van der Waals surface area contributed by atoms with E-state index in [0.717, 1.165) is 0 Å². The van der Waals surface area contributed by atoms with Crippen LogP contribution in [0.1, 0.15) is 40.0 Å². The van der Waals surface area contributed by atoms with Crippen LogP contribution in [0.2, 0.25) is 0 Å². The molecule has 0 bridgehead atoms. The lowest BCUT2D eigenvalue weighted by molar-refractivity contribution is -0.175. The number of carbonyl (C=O) groups excluding carboxylic acids is 3. The molecule has 0 spiro atoms. The Morgan fingerprint density at radius 3 is 2.26 bits per heavy atom. The van der Waals surface area contributed by atoms with Gasteiger partial charge < -0.3 is 4.84 Å². The molecule has 2 amide bonds. The van der Waals surface area contributed by atoms with Crippen molar-refractivity contribution in [2.24, 2.45) is 17.8 Å². The highest BCUT2D eigenvalue weighted by Gasteiger charge is 2.69. The van der Waals surface area contributed by atoms with Crippen LogP contribution in [0.3, 0.4) is 0 Å². The summed E-state index contributed by atoms with van der Waals surface area (Å²) in [4.78, 5) is 41.3. The summed E-state index contributed by atoms with van der Waals surface area (Å²) in [6.07, 6.45) is 0.595. The van der Waals surface area contributed by atoms with E-state index in [0.29, 0.717) is 11.5 Å². The van der Waals surface area contributed by atoms with Gasteiger partial charge in [-0.2, -0.15) is 0 Å². The summed E-state index contributed by atoms with van der Waals surface area (Å²) in [5, 5.41) is 0.435. The summed E-state index contributed by atoms with van der Waals surface area (Å²) in [5.74, 6) is -7.00. The molecule has 3 aliphatic rings. The van der Waals surface area contributed by atoms with Gasteiger partial charge in [0.25, 0.3) is 17.7 Å². The first-order valence-electron chi connectivity index (χ1n) is 7.48. The minimum absolute atomic E-state index is 0.0413. The van der Waals surface area contributed by atoms with Crippen molar-refractivity contribution >= 4 is 17.8 Å². The molecular formula is C16H13F2NO4. The quantitative estimate of drug-likeness (QED) is 0.785. The lowest BCUT2D eigenvalue weighted by Gasteiger charge is -2.20. The molecule has 2 fully saturated rings. The maximum atomic E-state index is 13.4. The summed E-state index contributed by atoms with van der Waals surface area (Å²) in [6, 6.07) is 6.15. The standard InChI is InChI=1S/C16H13F2NO4/c17-16(18)11-6-5-8(7-12(11)16)15(22)23-19-13(20)9-3-1-2-4-10(9)14(19)21/h1-4,8,11-12H,5-7H2. The van der Waals surface area contributed by atoms with Crippen LogP contribution in [0.15, 0.2) is 24.3 Å². The minimum atomic E-state index is -2.69. The molecule has 1 aromatic rings. The number of fused-ring (bicyclic) bond motifs is 2. The van der Waals surface area contributed by atoms with Gasteiger partial charge in [-0.3, -0.25) is 9.59 Å². The Morgan fingerprint density at radius 1 is 1.09 bits per heavy atom. The van der Waals surface area contributed by atoms with Crippen LogP contribution >= 0.6 is 0 Å². The van der Waals surface area contributed by atoms with Gasteiger partial charge in [-0.15, -0.1) is 0 Å². The Balaban J connectivity index is 1.46. The Morgan fingerprint density at radius 2 is 1.70 bits per heavy atom. The van der Waals surface area contributed by atoms with Crippen molar-refractivity contribution in [3.63, 3.8) is 0 Å². The summed E-state index contributed by atoms with van der Waals surface area (Å²) < 4.78 is 26.8. The van der Waals surface area contributed by atoms with Crippen molar-refractivity contribution in [1.82, 2.24) is 5.06 Å². The van der Waals surface area contributed by atoms with Crippen LogP contribution in [0, 0.1) is 17.8 Å². The van der Waals surface area contributed by atoms with Crippen LogP contribution in [-0.4, -0.2) is 28.8 Å². The highest BCUT2D eigenvalue weighted by molar-refractivity contribution is 6.20. The van der Waals surface area contributed by atoms with Crippen LogP contribution in [0.5, 0.6) is 0 Å². The molecule has 5 nitrogen and oxygen atoms in total. The third-order valence-corrected chi connectivity index (χ3v) is 5.00. The number of alkyl halides is 2. The van der Waals surface area contributed by atoms with E-state index in [2.05, 4.69) is 0 Å². The Bertz CT molecular complexity index is 698. The van der Waals surface area contributed by atoms with Crippen LogP contribution in [0.25, 0.3) is 0 Å². The first kappa shape index (κ1) is 14.3. The average molecular weight is 321 g/mol. The average Bonchev–Trinajstić information content (AvgIpc) is 3.02. The SMILES string of the molecule is O=C(ON1C(=O)c2ccccc2C1=O)C1CCC2C(C1)C2(F)F. The molecule has 1 aliphatic heterocycles. The third-order valence-electron chi connectivity index (χ3n) is 5.00. The van der Waals surface area contributed by atoms with E-state index in [1.165, 1.54) is 12.1 Å². The molecule has 1 heterocycles. The van der Waals surface area contributed by atoms with Gasteiger partial charge >= 0.3 is 5.97 Å². The Kier molecular flexibility index (Phi) is 2.86. The summed E-state index contributed by atoms with van der Waals surface area (Å²) in [6.45, 7) is 0. The van der Waals surface area contributed by atoms with Gasteiger partial charge in [0.15, 0.2) is 0 Å². The zero-order valence-electron chi connectivity index (χ0n) is 12.0. The molecule has 0 aromatic heterocycles. The summed E-state index contributed by atoms with van der Waals surface area (Å²) in [7, 11) is 0. The van der Waals surface area contributed by atoms with Gasteiger partial charge in [-0.25, -0.2) is 13.6 Å². The second-order valence-electron chi connectivity index (χ2n) is 6.26. The molecule has 2 saturated carbocycles. The van der Waals surface area contributed by atoms with E-state index in [1.54, 1.807) is 12.1 Å². The van der Waals surface area contributed by atoms with E-state index in [1.807, 2.05) is 0 Å². The fourth-order valence-electron chi connectivity index (χ4n) is 3.61. The predicted octanol–water partition coefficient (Wildman–Crippen LogP) is 2.42. The van der Waals surface area contributed by atoms with E-state index >= 15 is 0 Å². The van der Waals surface area contributed by atoms with Crippen LogP contribution in [0.4, 0.5) is 8.78 Å². The maximum Gasteiger partial charge on any atom is 0.336 e. The lowest BCUT2D eigenvalue weighted by atomic mass is 9.89. The molecule has 23 heavy (non-hydrogen) atoms. The molecular weight excluding hydrogens is 308 g/mol. The zero-order chi connectivity index (χ0) is 16.4. The first-order chi connectivity index (χ1) is 10.9. The van der Waals surface area contributed by atoms with E-state index < -0.39 is 41.5 Å². The predicted molar refractivity (Wildman–Crippen MR) is 72.3 cm³/mol. The number of hydroxylamine groups is 2. The van der Waals surface area contributed by atoms with Gasteiger partial charge in [-0.05, 0) is 31.4 Å². The van der Waals surface area contributed by atoms with Gasteiger partial charge in [0, 0.05) is 11.8 Å². The molecule has 0 radical (unpaired) electrons. The van der Waals surface area contributed by atoms with Crippen molar-refractivity contribution in [2.45, 2.75) is 25.2 Å². The van der Waals surface area contributed by atoms with Gasteiger partial charge in [0.2, 0.25) is 0 Å². The highest BCUT2D eigenvalue weighted by atomic mass is 19.3. The monoisotopic (exact) mass is 321 g/mol. The maximum absolute atomic E-state index is 13.4. The largest absolute Gasteiger partial charge is 0.336 e. The fourth-order valence-corrected chi connectivity index (χ4v) is 3.61. The number of imide groups is 1. The summed E-state index contributed by atoms with van der Waals surface area (Å²) >= 11 is 0. The molecule has 4 rings (SSSR count). The zero-order valence-corrected chi connectivity index (χ0v) is 12.0. The normalized spacial score (nSPS) is 30.7. The van der Waals surface area contributed by atoms with Gasteiger partial charge in [-0.1, -0.05) is 17.2 Å². The third kappa shape index (κ3) is 1.99. The molecule has 1 aromatic carbocycles. The van der Waals surface area contributed by atoms with Gasteiger partial charge in [0.1, 0.15) is 0 Å². The van der Waals surface area contributed by atoms with Crippen molar-refractivity contribution in [3.8, 4) is 0 Å². The Labute approximate surface area is 130 Å². The Hall–Kier alpha value is -2.31. The number of amides is 2. The number of carbonyl (C=O) groups is 3. The van der Waals surface area contributed by atoms with Crippen molar-refractivity contribution in [2.75, 3.05) is 0 Å². The summed E-state index contributed by atoms with van der Waals surface area (Å²) in [5.41, 5.74) is 0.338. The van der Waals surface area contributed by atoms with E-state index in [4.69, 9.17) is 4.84 Å².